The molecule has 2 aromatic rings. The molecule has 5 nitrogen and oxygen atoms in total. The highest BCUT2D eigenvalue weighted by atomic mass is 19.4. The lowest BCUT2D eigenvalue weighted by molar-refractivity contribution is -0.137. The number of aromatic amines is 1. The van der Waals surface area contributed by atoms with Crippen molar-refractivity contribution < 1.29 is 18.0 Å². The Bertz CT molecular complexity index is 870. The molecule has 2 rings (SSSR count). The van der Waals surface area contributed by atoms with E-state index in [1.54, 1.807) is 0 Å². The van der Waals surface area contributed by atoms with Crippen molar-refractivity contribution in [3.8, 4) is 0 Å². The van der Waals surface area contributed by atoms with Gasteiger partial charge in [0.25, 0.3) is 5.91 Å². The summed E-state index contributed by atoms with van der Waals surface area (Å²) >= 11 is 0. The molecule has 0 unspecified atom stereocenters. The summed E-state index contributed by atoms with van der Waals surface area (Å²) in [5.41, 5.74) is -1.75. The first kappa shape index (κ1) is 20.0. The lowest BCUT2D eigenvalue weighted by atomic mass is 9.93. The highest BCUT2D eigenvalue weighted by Crippen LogP contribution is 2.30. The van der Waals surface area contributed by atoms with Gasteiger partial charge in [0.05, 0.1) is 5.56 Å². The molecule has 0 atom stereocenters. The molecule has 0 radical (unpaired) electrons. The van der Waals surface area contributed by atoms with E-state index in [0.717, 1.165) is 30.9 Å². The van der Waals surface area contributed by atoms with Crippen LogP contribution in [0, 0.1) is 5.41 Å². The largest absolute Gasteiger partial charge is 0.416 e. The fourth-order valence-corrected chi connectivity index (χ4v) is 2.89. The van der Waals surface area contributed by atoms with Crippen LogP contribution in [0.2, 0.25) is 0 Å². The minimum atomic E-state index is -4.50. The summed E-state index contributed by atoms with van der Waals surface area (Å²) in [6, 6.07) is 2.78. The SMILES string of the molecule is CN(C)CC(C)(C)CNC(=O)c1c[nH]c2cc(C(F)(F)F)ccc2c1=O. The number of amides is 1. The molecule has 0 fully saturated rings. The van der Waals surface area contributed by atoms with Gasteiger partial charge < -0.3 is 15.2 Å². The first-order valence-corrected chi connectivity index (χ1v) is 8.06. The van der Waals surface area contributed by atoms with E-state index in [0.29, 0.717) is 6.54 Å². The fourth-order valence-electron chi connectivity index (χ4n) is 2.89. The number of nitrogens with one attached hydrogen (secondary N) is 2. The van der Waals surface area contributed by atoms with Crippen molar-refractivity contribution in [3.05, 3.63) is 45.7 Å². The Labute approximate surface area is 149 Å². The zero-order chi connectivity index (χ0) is 19.7. The van der Waals surface area contributed by atoms with Gasteiger partial charge in [-0.1, -0.05) is 13.8 Å². The molecule has 1 aromatic heterocycles. The van der Waals surface area contributed by atoms with Gasteiger partial charge in [0.1, 0.15) is 5.56 Å². The highest BCUT2D eigenvalue weighted by molar-refractivity contribution is 5.97. The van der Waals surface area contributed by atoms with Crippen molar-refractivity contribution in [2.75, 3.05) is 27.2 Å². The summed E-state index contributed by atoms with van der Waals surface area (Å²) in [5.74, 6) is -0.556. The van der Waals surface area contributed by atoms with Crippen LogP contribution >= 0.6 is 0 Å². The van der Waals surface area contributed by atoms with E-state index in [2.05, 4.69) is 10.3 Å². The Morgan fingerprint density at radius 1 is 1.23 bits per heavy atom. The molecule has 0 saturated carbocycles. The average molecular weight is 369 g/mol. The molecular formula is C18H22F3N3O2. The Hall–Kier alpha value is -2.35. The second-order valence-corrected chi connectivity index (χ2v) is 7.37. The molecule has 142 valence electrons. The molecular weight excluding hydrogens is 347 g/mol. The van der Waals surface area contributed by atoms with Crippen LogP contribution in [0.5, 0.6) is 0 Å². The van der Waals surface area contributed by atoms with Crippen molar-refractivity contribution in [1.82, 2.24) is 15.2 Å². The van der Waals surface area contributed by atoms with Gasteiger partial charge in [-0.2, -0.15) is 13.2 Å². The number of hydrogen-bond acceptors (Lipinski definition) is 3. The van der Waals surface area contributed by atoms with E-state index in [4.69, 9.17) is 0 Å². The Morgan fingerprint density at radius 2 is 1.88 bits per heavy atom. The molecule has 1 aromatic carbocycles. The van der Waals surface area contributed by atoms with Gasteiger partial charge in [-0.3, -0.25) is 9.59 Å². The van der Waals surface area contributed by atoms with Crippen LogP contribution in [0.25, 0.3) is 10.9 Å². The number of carbonyl (C=O) groups excluding carboxylic acids is 1. The standard InChI is InChI=1S/C18H22F3N3O2/c1-17(2,10-24(3)4)9-23-16(26)13-8-22-14-7-11(18(19,20)21)5-6-12(14)15(13)25/h5-8H,9-10H2,1-4H3,(H,22,25)(H,23,26). The lowest BCUT2D eigenvalue weighted by Crippen LogP contribution is -2.41. The molecule has 0 aliphatic rings. The van der Waals surface area contributed by atoms with Gasteiger partial charge in [0.2, 0.25) is 5.43 Å². The summed E-state index contributed by atoms with van der Waals surface area (Å²) in [7, 11) is 3.85. The number of carbonyl (C=O) groups is 1. The molecule has 0 spiro atoms. The third-order valence-electron chi connectivity index (χ3n) is 3.92. The number of benzene rings is 1. The second kappa shape index (κ2) is 7.11. The first-order valence-electron chi connectivity index (χ1n) is 8.06. The van der Waals surface area contributed by atoms with Crippen LogP contribution in [0.1, 0.15) is 29.8 Å². The molecule has 0 aliphatic carbocycles. The first-order chi connectivity index (χ1) is 11.9. The quantitative estimate of drug-likeness (QED) is 0.852. The maximum absolute atomic E-state index is 12.8. The van der Waals surface area contributed by atoms with Crippen LogP contribution in [0.15, 0.2) is 29.2 Å². The van der Waals surface area contributed by atoms with Crippen LogP contribution in [-0.4, -0.2) is 43.0 Å². The number of nitrogens with zero attached hydrogens (tertiary/aromatic N) is 1. The fraction of sp³-hybridized carbons (Fsp3) is 0.444. The van der Waals surface area contributed by atoms with Crippen molar-refractivity contribution >= 4 is 16.8 Å². The molecule has 8 heteroatoms. The van der Waals surface area contributed by atoms with Crippen LogP contribution in [0.3, 0.4) is 0 Å². The summed E-state index contributed by atoms with van der Waals surface area (Å²) in [6.45, 7) is 5.06. The smallest absolute Gasteiger partial charge is 0.360 e. The van der Waals surface area contributed by atoms with Gasteiger partial charge in [-0.05, 0) is 37.7 Å². The van der Waals surface area contributed by atoms with Crippen LogP contribution in [-0.2, 0) is 6.18 Å². The number of fused-ring (bicyclic) bond motifs is 1. The minimum Gasteiger partial charge on any atom is -0.360 e. The van der Waals surface area contributed by atoms with Crippen molar-refractivity contribution in [3.63, 3.8) is 0 Å². The third kappa shape index (κ3) is 4.63. The number of alkyl halides is 3. The second-order valence-electron chi connectivity index (χ2n) is 7.37. The number of rotatable bonds is 5. The predicted octanol–water partition coefficient (Wildman–Crippen LogP) is 2.86. The maximum Gasteiger partial charge on any atom is 0.416 e. The Kier molecular flexibility index (Phi) is 5.46. The predicted molar refractivity (Wildman–Crippen MR) is 94.2 cm³/mol. The van der Waals surface area contributed by atoms with E-state index >= 15 is 0 Å². The van der Waals surface area contributed by atoms with Gasteiger partial charge in [0.15, 0.2) is 0 Å². The number of H-pyrrole nitrogens is 1. The van der Waals surface area contributed by atoms with Crippen molar-refractivity contribution in [2.24, 2.45) is 5.41 Å². The van der Waals surface area contributed by atoms with E-state index in [1.807, 2.05) is 32.8 Å². The third-order valence-corrected chi connectivity index (χ3v) is 3.92. The maximum atomic E-state index is 12.8. The molecule has 0 aliphatic heterocycles. The van der Waals surface area contributed by atoms with E-state index < -0.39 is 23.1 Å². The summed E-state index contributed by atoms with van der Waals surface area (Å²) in [6.07, 6.45) is -3.35. The lowest BCUT2D eigenvalue weighted by Gasteiger charge is -2.28. The Balaban J connectivity index is 2.26. The van der Waals surface area contributed by atoms with Gasteiger partial charge in [-0.25, -0.2) is 0 Å². The summed E-state index contributed by atoms with van der Waals surface area (Å²) in [5, 5.41) is 2.76. The van der Waals surface area contributed by atoms with Crippen molar-refractivity contribution in [2.45, 2.75) is 20.0 Å². The topological polar surface area (TPSA) is 65.2 Å². The average Bonchev–Trinajstić information content (AvgIpc) is 2.50. The molecule has 0 saturated heterocycles. The number of halogens is 3. The minimum absolute atomic E-state index is 0.0364. The summed E-state index contributed by atoms with van der Waals surface area (Å²) in [4.78, 5) is 29.4. The van der Waals surface area contributed by atoms with Crippen LogP contribution in [0.4, 0.5) is 13.2 Å². The molecule has 26 heavy (non-hydrogen) atoms. The van der Waals surface area contributed by atoms with Gasteiger partial charge in [-0.15, -0.1) is 0 Å². The van der Waals surface area contributed by atoms with E-state index in [9.17, 15) is 22.8 Å². The van der Waals surface area contributed by atoms with Gasteiger partial charge in [0, 0.05) is 30.2 Å². The van der Waals surface area contributed by atoms with E-state index in [-0.39, 0.29) is 21.9 Å². The number of aromatic nitrogens is 1. The monoisotopic (exact) mass is 369 g/mol. The molecule has 1 heterocycles. The Morgan fingerprint density at radius 3 is 2.46 bits per heavy atom. The zero-order valence-corrected chi connectivity index (χ0v) is 15.1. The number of hydrogen-bond donors (Lipinski definition) is 2. The molecule has 0 bridgehead atoms. The van der Waals surface area contributed by atoms with E-state index in [1.165, 1.54) is 0 Å². The molecule has 2 N–H and O–H groups in total. The van der Waals surface area contributed by atoms with Gasteiger partial charge >= 0.3 is 6.18 Å². The zero-order valence-electron chi connectivity index (χ0n) is 15.1. The van der Waals surface area contributed by atoms with Crippen molar-refractivity contribution in [1.29, 1.82) is 0 Å². The summed E-state index contributed by atoms with van der Waals surface area (Å²) < 4.78 is 38.3. The molecule has 1 amide bonds. The normalized spacial score (nSPS) is 12.6. The van der Waals surface area contributed by atoms with Crippen LogP contribution < -0.4 is 10.7 Å². The number of pyridine rings is 1. The highest BCUT2D eigenvalue weighted by Gasteiger charge is 2.31.